The summed E-state index contributed by atoms with van der Waals surface area (Å²) in [7, 11) is 1.79. The third-order valence-corrected chi connectivity index (χ3v) is 12.1. The Bertz CT molecular complexity index is 1730. The normalized spacial score (nSPS) is 20.4. The van der Waals surface area contributed by atoms with Gasteiger partial charge in [-0.1, -0.05) is 74.5 Å². The molecule has 12 nitrogen and oxygen atoms in total. The van der Waals surface area contributed by atoms with Gasteiger partial charge in [-0.15, -0.1) is 23.5 Å². The van der Waals surface area contributed by atoms with E-state index in [1.807, 2.05) is 48.5 Å². The average Bonchev–Trinajstić information content (AvgIpc) is 3.96. The Hall–Kier alpha value is -4.30. The predicted molar refractivity (Wildman–Crippen MR) is 213 cm³/mol. The number of carbonyl (C=O) groups excluding carboxylic acids is 3. The second-order valence-electron chi connectivity index (χ2n) is 14.3. The SMILES string of the molecule is CC(C)C1=NC(CN(C)C(=O)N2Cc3[nH]cnc3C[C@H]2C(=O)N[C@H](CC[C@H](Cc2ccccc2)NC(=O)OCC2CN=CS2)Cc2ccccc2)CS1. The number of hydrogen-bond acceptors (Lipinski definition) is 9. The van der Waals surface area contributed by atoms with Crippen LogP contribution in [0.2, 0.25) is 0 Å². The summed E-state index contributed by atoms with van der Waals surface area (Å²) < 4.78 is 5.59. The molecule has 1 aromatic heterocycles. The molecule has 0 bridgehead atoms. The van der Waals surface area contributed by atoms with Gasteiger partial charge in [0, 0.05) is 43.8 Å². The average molecular weight is 759 g/mol. The van der Waals surface area contributed by atoms with Crippen LogP contribution in [0.15, 0.2) is 77.0 Å². The molecule has 4 heterocycles. The van der Waals surface area contributed by atoms with E-state index in [2.05, 4.69) is 51.6 Å². The summed E-state index contributed by atoms with van der Waals surface area (Å²) in [4.78, 5) is 61.5. The lowest BCUT2D eigenvalue weighted by molar-refractivity contribution is -0.127. The van der Waals surface area contributed by atoms with Crippen molar-refractivity contribution >= 4 is 52.1 Å². The zero-order chi connectivity index (χ0) is 37.2. The molecule has 3 aliphatic rings. The molecular formula is C39H50N8O4S2. The lowest BCUT2D eigenvalue weighted by atomic mass is 9.95. The fourth-order valence-corrected chi connectivity index (χ4v) is 8.64. The Morgan fingerprint density at radius 2 is 1.68 bits per heavy atom. The summed E-state index contributed by atoms with van der Waals surface area (Å²) in [6.07, 6.45) is 3.88. The van der Waals surface area contributed by atoms with Gasteiger partial charge in [-0.2, -0.15) is 0 Å². The molecule has 6 rings (SSSR count). The van der Waals surface area contributed by atoms with Crippen molar-refractivity contribution in [1.29, 1.82) is 0 Å². The van der Waals surface area contributed by atoms with Gasteiger partial charge < -0.3 is 30.2 Å². The lowest BCUT2D eigenvalue weighted by Crippen LogP contribution is -2.57. The molecule has 14 heteroatoms. The molecule has 3 N–H and O–H groups in total. The summed E-state index contributed by atoms with van der Waals surface area (Å²) in [6.45, 7) is 5.93. The molecule has 0 radical (unpaired) electrons. The van der Waals surface area contributed by atoms with Gasteiger partial charge in [-0.25, -0.2) is 14.6 Å². The molecule has 0 fully saturated rings. The number of carbonyl (C=O) groups is 3. The Balaban J connectivity index is 1.16. The monoisotopic (exact) mass is 758 g/mol. The maximum Gasteiger partial charge on any atom is 0.407 e. The van der Waals surface area contributed by atoms with E-state index in [0.717, 1.165) is 33.3 Å². The number of fused-ring (bicyclic) bond motifs is 1. The zero-order valence-corrected chi connectivity index (χ0v) is 32.3. The second kappa shape index (κ2) is 18.6. The molecule has 2 unspecified atom stereocenters. The number of urea groups is 1. The minimum Gasteiger partial charge on any atom is -0.448 e. The number of amides is 4. The first-order valence-electron chi connectivity index (χ1n) is 18.4. The van der Waals surface area contributed by atoms with E-state index >= 15 is 0 Å². The number of nitrogens with zero attached hydrogens (tertiary/aromatic N) is 5. The number of aromatic nitrogens is 2. The van der Waals surface area contributed by atoms with E-state index in [1.54, 1.807) is 52.2 Å². The first-order valence-corrected chi connectivity index (χ1v) is 20.3. The number of ether oxygens (including phenoxy) is 1. The molecule has 3 aliphatic heterocycles. The molecule has 282 valence electrons. The first-order chi connectivity index (χ1) is 25.7. The van der Waals surface area contributed by atoms with Gasteiger partial charge in [-0.05, 0) is 36.8 Å². The van der Waals surface area contributed by atoms with Crippen molar-refractivity contribution in [3.05, 3.63) is 89.5 Å². The summed E-state index contributed by atoms with van der Waals surface area (Å²) in [5.74, 6) is 0.979. The lowest BCUT2D eigenvalue weighted by Gasteiger charge is -2.37. The number of thioether (sulfide) groups is 2. The summed E-state index contributed by atoms with van der Waals surface area (Å²) >= 11 is 3.33. The van der Waals surface area contributed by atoms with Crippen LogP contribution in [0.25, 0.3) is 0 Å². The molecule has 3 aromatic rings. The minimum absolute atomic E-state index is 0.0201. The summed E-state index contributed by atoms with van der Waals surface area (Å²) in [5, 5.41) is 7.69. The van der Waals surface area contributed by atoms with Crippen LogP contribution < -0.4 is 10.6 Å². The third-order valence-electron chi connectivity index (χ3n) is 9.70. The van der Waals surface area contributed by atoms with Gasteiger partial charge in [0.05, 0.1) is 52.7 Å². The number of aromatic amines is 1. The van der Waals surface area contributed by atoms with Crippen molar-refractivity contribution in [2.24, 2.45) is 15.9 Å². The van der Waals surface area contributed by atoms with E-state index < -0.39 is 12.1 Å². The first kappa shape index (κ1) is 38.4. The largest absolute Gasteiger partial charge is 0.448 e. The molecule has 0 spiro atoms. The smallest absolute Gasteiger partial charge is 0.407 e. The highest BCUT2D eigenvalue weighted by molar-refractivity contribution is 8.14. The van der Waals surface area contributed by atoms with E-state index in [1.165, 1.54) is 0 Å². The highest BCUT2D eigenvalue weighted by Crippen LogP contribution is 2.26. The van der Waals surface area contributed by atoms with Crippen LogP contribution in [0.1, 0.15) is 49.2 Å². The quantitative estimate of drug-likeness (QED) is 0.190. The molecule has 53 heavy (non-hydrogen) atoms. The van der Waals surface area contributed by atoms with Gasteiger partial charge in [-0.3, -0.25) is 14.8 Å². The Morgan fingerprint density at radius 1 is 1.00 bits per heavy atom. The van der Waals surface area contributed by atoms with Crippen molar-refractivity contribution in [3.8, 4) is 0 Å². The fraction of sp³-hybridized carbons (Fsp3) is 0.487. The predicted octanol–water partition coefficient (Wildman–Crippen LogP) is 5.35. The van der Waals surface area contributed by atoms with Crippen LogP contribution >= 0.6 is 23.5 Å². The molecule has 0 saturated heterocycles. The number of rotatable bonds is 15. The van der Waals surface area contributed by atoms with Gasteiger partial charge in [0.2, 0.25) is 5.91 Å². The molecular weight excluding hydrogens is 709 g/mol. The van der Waals surface area contributed by atoms with E-state index in [4.69, 9.17) is 9.73 Å². The Morgan fingerprint density at radius 3 is 2.30 bits per heavy atom. The maximum absolute atomic E-state index is 14.4. The van der Waals surface area contributed by atoms with Crippen molar-refractivity contribution in [2.45, 2.75) is 81.9 Å². The number of aliphatic imine (C=N–C) groups is 2. The number of H-pyrrole nitrogens is 1. The number of nitrogens with one attached hydrogen (secondary N) is 3. The van der Waals surface area contributed by atoms with Crippen LogP contribution in [0, 0.1) is 5.92 Å². The second-order valence-corrected chi connectivity index (χ2v) is 16.4. The topological polar surface area (TPSA) is 144 Å². The number of hydrogen-bond donors (Lipinski definition) is 3. The third kappa shape index (κ3) is 10.9. The zero-order valence-electron chi connectivity index (χ0n) is 30.6. The molecule has 2 aromatic carbocycles. The minimum atomic E-state index is -0.739. The van der Waals surface area contributed by atoms with Gasteiger partial charge >= 0.3 is 12.1 Å². The Labute approximate surface area is 320 Å². The standard InChI is InChI=1S/C39H50N8O4S2/c1-26(2)37-44-31(23-52-37)20-46(3)39(50)47-21-34-33(41-24-42-34)18-35(47)36(48)43-29(16-27-10-6-4-7-11-27)14-15-30(17-28-12-8-5-9-13-28)45-38(49)51-22-32-19-40-25-53-32/h4-13,24-26,29-32,35H,14-23H2,1-3H3,(H,41,42)(H,43,48)(H,45,49)/t29-,30-,31?,32?,35+/m1/s1. The van der Waals surface area contributed by atoms with Crippen molar-refractivity contribution < 1.29 is 19.1 Å². The van der Waals surface area contributed by atoms with Crippen molar-refractivity contribution in [3.63, 3.8) is 0 Å². The molecule has 4 amide bonds. The number of alkyl carbamates (subject to hydrolysis) is 1. The van der Waals surface area contributed by atoms with Crippen LogP contribution in [0.5, 0.6) is 0 Å². The highest BCUT2D eigenvalue weighted by atomic mass is 32.2. The van der Waals surface area contributed by atoms with Crippen LogP contribution in [-0.2, 0) is 35.3 Å². The highest BCUT2D eigenvalue weighted by Gasteiger charge is 2.38. The van der Waals surface area contributed by atoms with Gasteiger partial charge in [0.1, 0.15) is 12.6 Å². The van der Waals surface area contributed by atoms with E-state index in [9.17, 15) is 14.4 Å². The molecule has 5 atom stereocenters. The van der Waals surface area contributed by atoms with Crippen molar-refractivity contribution in [2.75, 3.05) is 32.5 Å². The van der Waals surface area contributed by atoms with Gasteiger partial charge in [0.15, 0.2) is 0 Å². The van der Waals surface area contributed by atoms with E-state index in [-0.39, 0.29) is 48.5 Å². The van der Waals surface area contributed by atoms with Crippen molar-refractivity contribution in [1.82, 2.24) is 30.4 Å². The van der Waals surface area contributed by atoms with E-state index in [0.29, 0.717) is 51.1 Å². The summed E-state index contributed by atoms with van der Waals surface area (Å²) in [5.41, 5.74) is 5.62. The number of likely N-dealkylation sites (N-methyl/N-ethyl adjacent to an activating group) is 1. The van der Waals surface area contributed by atoms with Crippen LogP contribution in [-0.4, -0.2) is 110 Å². The molecule has 0 saturated carbocycles. The van der Waals surface area contributed by atoms with Crippen LogP contribution in [0.3, 0.4) is 0 Å². The summed E-state index contributed by atoms with van der Waals surface area (Å²) in [6, 6.07) is 18.7. The number of benzene rings is 2. The van der Waals surface area contributed by atoms with Crippen LogP contribution in [0.4, 0.5) is 9.59 Å². The van der Waals surface area contributed by atoms with Gasteiger partial charge in [0.25, 0.3) is 0 Å². The Kier molecular flexibility index (Phi) is 13.5. The number of imidazole rings is 1. The molecule has 0 aliphatic carbocycles. The fourth-order valence-electron chi connectivity index (χ4n) is 6.88. The maximum atomic E-state index is 14.4.